The fourth-order valence-corrected chi connectivity index (χ4v) is 2.01. The van der Waals surface area contributed by atoms with Gasteiger partial charge in [-0.15, -0.1) is 0 Å². The average Bonchev–Trinajstić information content (AvgIpc) is 2.39. The van der Waals surface area contributed by atoms with Crippen molar-refractivity contribution in [2.75, 3.05) is 32.9 Å². The lowest BCUT2D eigenvalue weighted by Crippen LogP contribution is -2.35. The molecule has 1 saturated heterocycles. The molecule has 1 aliphatic heterocycles. The van der Waals surface area contributed by atoms with Crippen LogP contribution in [0.1, 0.15) is 11.1 Å². The zero-order chi connectivity index (χ0) is 11.9. The van der Waals surface area contributed by atoms with Gasteiger partial charge in [0.05, 0.1) is 19.8 Å². The fourth-order valence-electron chi connectivity index (χ4n) is 2.01. The number of benzene rings is 1. The van der Waals surface area contributed by atoms with Crippen LogP contribution in [0.25, 0.3) is 0 Å². The summed E-state index contributed by atoms with van der Waals surface area (Å²) >= 11 is 0. The summed E-state index contributed by atoms with van der Waals surface area (Å²) in [5, 5.41) is 0. The Labute approximate surface area is 102 Å². The van der Waals surface area contributed by atoms with Crippen LogP contribution in [0.3, 0.4) is 0 Å². The van der Waals surface area contributed by atoms with Crippen LogP contribution in [0.2, 0.25) is 0 Å². The van der Waals surface area contributed by atoms with Crippen molar-refractivity contribution in [3.05, 3.63) is 35.4 Å². The van der Waals surface area contributed by atoms with Crippen molar-refractivity contribution in [3.63, 3.8) is 0 Å². The minimum absolute atomic E-state index is 0.572. The van der Waals surface area contributed by atoms with Crippen LogP contribution in [0.4, 0.5) is 0 Å². The molecule has 0 radical (unpaired) electrons. The van der Waals surface area contributed by atoms with Gasteiger partial charge >= 0.3 is 0 Å². The van der Waals surface area contributed by atoms with E-state index in [0.29, 0.717) is 6.61 Å². The van der Waals surface area contributed by atoms with E-state index in [1.165, 1.54) is 11.1 Å². The van der Waals surface area contributed by atoms with Gasteiger partial charge in [-0.2, -0.15) is 0 Å². The van der Waals surface area contributed by atoms with Crippen LogP contribution in [-0.2, 0) is 22.5 Å². The van der Waals surface area contributed by atoms with E-state index in [4.69, 9.17) is 10.6 Å². The molecular formula is C13H20N2O2. The van der Waals surface area contributed by atoms with E-state index < -0.39 is 0 Å². The van der Waals surface area contributed by atoms with E-state index in [1.54, 1.807) is 0 Å². The van der Waals surface area contributed by atoms with Gasteiger partial charge in [-0.05, 0) is 17.5 Å². The van der Waals surface area contributed by atoms with Crippen LogP contribution >= 0.6 is 0 Å². The molecular weight excluding hydrogens is 216 g/mol. The highest BCUT2D eigenvalue weighted by Crippen LogP contribution is 2.09. The lowest BCUT2D eigenvalue weighted by Gasteiger charge is -2.26. The van der Waals surface area contributed by atoms with E-state index in [1.807, 2.05) is 0 Å². The molecule has 1 aliphatic rings. The zero-order valence-corrected chi connectivity index (χ0v) is 10.1. The minimum atomic E-state index is 0.572. The second-order valence-electron chi connectivity index (χ2n) is 4.33. The smallest absolute Gasteiger partial charge is 0.0719 e. The predicted molar refractivity (Wildman–Crippen MR) is 66.4 cm³/mol. The van der Waals surface area contributed by atoms with Gasteiger partial charge in [-0.1, -0.05) is 24.3 Å². The van der Waals surface area contributed by atoms with E-state index >= 15 is 0 Å². The van der Waals surface area contributed by atoms with Crippen molar-refractivity contribution in [3.8, 4) is 0 Å². The summed E-state index contributed by atoms with van der Waals surface area (Å²) in [4.78, 5) is 6.99. The van der Waals surface area contributed by atoms with Gasteiger partial charge in [0, 0.05) is 19.6 Å². The van der Waals surface area contributed by atoms with Crippen molar-refractivity contribution < 1.29 is 9.57 Å². The average molecular weight is 236 g/mol. The van der Waals surface area contributed by atoms with Gasteiger partial charge in [-0.25, -0.2) is 5.90 Å². The monoisotopic (exact) mass is 236 g/mol. The number of ether oxygens (including phenoxy) is 1. The van der Waals surface area contributed by atoms with Crippen molar-refractivity contribution >= 4 is 0 Å². The Morgan fingerprint density at radius 3 is 2.41 bits per heavy atom. The predicted octanol–water partition coefficient (Wildman–Crippen LogP) is 0.952. The third kappa shape index (κ3) is 4.09. The molecule has 1 fully saturated rings. The quantitative estimate of drug-likeness (QED) is 0.773. The molecule has 0 amide bonds. The second-order valence-corrected chi connectivity index (χ2v) is 4.33. The number of nitrogens with two attached hydrogens (primary N) is 1. The molecule has 2 N–H and O–H groups in total. The molecule has 0 saturated carbocycles. The van der Waals surface area contributed by atoms with E-state index in [2.05, 4.69) is 34.0 Å². The first kappa shape index (κ1) is 12.5. The van der Waals surface area contributed by atoms with Crippen LogP contribution < -0.4 is 5.90 Å². The molecule has 0 bridgehead atoms. The van der Waals surface area contributed by atoms with Crippen molar-refractivity contribution in [1.82, 2.24) is 4.90 Å². The van der Waals surface area contributed by atoms with E-state index in [0.717, 1.165) is 39.3 Å². The van der Waals surface area contributed by atoms with Crippen LogP contribution in [0, 0.1) is 0 Å². The number of hydrogen-bond acceptors (Lipinski definition) is 4. The molecule has 4 heteroatoms. The Balaban J connectivity index is 1.84. The van der Waals surface area contributed by atoms with Crippen LogP contribution in [0.5, 0.6) is 0 Å². The first-order chi connectivity index (χ1) is 8.38. The first-order valence-electron chi connectivity index (χ1n) is 6.08. The molecule has 0 spiro atoms. The Hall–Kier alpha value is -0.940. The third-order valence-corrected chi connectivity index (χ3v) is 3.04. The minimum Gasteiger partial charge on any atom is -0.379 e. The summed E-state index contributed by atoms with van der Waals surface area (Å²) in [6.45, 7) is 5.35. The summed E-state index contributed by atoms with van der Waals surface area (Å²) < 4.78 is 5.33. The highest BCUT2D eigenvalue weighted by atomic mass is 16.6. The zero-order valence-electron chi connectivity index (χ0n) is 10.1. The van der Waals surface area contributed by atoms with E-state index in [9.17, 15) is 0 Å². The fraction of sp³-hybridized carbons (Fsp3) is 0.538. The maximum Gasteiger partial charge on any atom is 0.0719 e. The van der Waals surface area contributed by atoms with Crippen LogP contribution in [0.15, 0.2) is 24.3 Å². The summed E-state index contributed by atoms with van der Waals surface area (Å²) in [7, 11) is 0. The topological polar surface area (TPSA) is 47.7 Å². The normalized spacial score (nSPS) is 17.2. The molecule has 0 atom stereocenters. The van der Waals surface area contributed by atoms with Gasteiger partial charge in [0.25, 0.3) is 0 Å². The molecule has 4 nitrogen and oxygen atoms in total. The number of hydrogen-bond donors (Lipinski definition) is 1. The molecule has 94 valence electrons. The summed E-state index contributed by atoms with van der Waals surface area (Å²) in [5.41, 5.74) is 2.62. The Morgan fingerprint density at radius 2 is 1.76 bits per heavy atom. The lowest BCUT2D eigenvalue weighted by atomic mass is 10.1. The van der Waals surface area contributed by atoms with E-state index in [-0.39, 0.29) is 0 Å². The van der Waals surface area contributed by atoms with Crippen molar-refractivity contribution in [1.29, 1.82) is 0 Å². The van der Waals surface area contributed by atoms with Gasteiger partial charge in [0.1, 0.15) is 0 Å². The van der Waals surface area contributed by atoms with Crippen molar-refractivity contribution in [2.45, 2.75) is 13.0 Å². The van der Waals surface area contributed by atoms with Gasteiger partial charge in [-0.3, -0.25) is 4.90 Å². The largest absolute Gasteiger partial charge is 0.379 e. The lowest BCUT2D eigenvalue weighted by molar-refractivity contribution is 0.0342. The number of rotatable bonds is 5. The number of morpholine rings is 1. The maximum absolute atomic E-state index is 5.33. The maximum atomic E-state index is 5.33. The standard InChI is InChI=1S/C13H20N2O2/c14-17-8-5-12-1-3-13(4-2-12)11-15-6-9-16-10-7-15/h1-4H,5-11,14H2. The molecule has 1 aromatic carbocycles. The Morgan fingerprint density at radius 1 is 1.12 bits per heavy atom. The highest BCUT2D eigenvalue weighted by Gasteiger charge is 2.10. The first-order valence-corrected chi connectivity index (χ1v) is 6.08. The summed E-state index contributed by atoms with van der Waals surface area (Å²) in [6, 6.07) is 8.66. The second kappa shape index (κ2) is 6.71. The third-order valence-electron chi connectivity index (χ3n) is 3.04. The van der Waals surface area contributed by atoms with Crippen LogP contribution in [-0.4, -0.2) is 37.8 Å². The van der Waals surface area contributed by atoms with Gasteiger partial charge in [0.2, 0.25) is 0 Å². The highest BCUT2D eigenvalue weighted by molar-refractivity contribution is 5.22. The molecule has 0 unspecified atom stereocenters. The molecule has 2 rings (SSSR count). The summed E-state index contributed by atoms with van der Waals surface area (Å²) in [6.07, 6.45) is 0.869. The van der Waals surface area contributed by atoms with Gasteiger partial charge < -0.3 is 9.57 Å². The van der Waals surface area contributed by atoms with Crippen molar-refractivity contribution in [2.24, 2.45) is 5.90 Å². The Bertz CT molecular complexity index is 321. The summed E-state index contributed by atoms with van der Waals surface area (Å²) in [5.74, 6) is 5.01. The number of nitrogens with zero attached hydrogens (tertiary/aromatic N) is 1. The molecule has 17 heavy (non-hydrogen) atoms. The molecule has 1 heterocycles. The molecule has 1 aromatic rings. The van der Waals surface area contributed by atoms with Gasteiger partial charge in [0.15, 0.2) is 0 Å². The Kier molecular flexibility index (Phi) is 4.94. The SMILES string of the molecule is NOCCc1ccc(CN2CCOCC2)cc1. The molecule has 0 aromatic heterocycles. The molecule has 0 aliphatic carbocycles.